The number of methoxy groups -OCH3 is 1. The summed E-state index contributed by atoms with van der Waals surface area (Å²) in [6, 6.07) is 4.40. The monoisotopic (exact) mass is 238 g/mol. The molecule has 0 fully saturated rings. The molecule has 2 nitrogen and oxygen atoms in total. The van der Waals surface area contributed by atoms with E-state index in [1.165, 1.54) is 19.2 Å². The molecule has 5 heteroatoms. The first-order chi connectivity index (χ1) is 6.57. The number of aliphatic hydroxyl groups excluding tert-OH is 1. The highest BCUT2D eigenvalue weighted by Crippen LogP contribution is 2.29. The van der Waals surface area contributed by atoms with Crippen LogP contribution in [0.25, 0.3) is 0 Å². The van der Waals surface area contributed by atoms with Gasteiger partial charge < -0.3 is 9.84 Å². The Balaban J connectivity index is 3.09. The third-order valence-electron chi connectivity index (χ3n) is 1.77. The Morgan fingerprint density at radius 1 is 1.43 bits per heavy atom. The molecule has 1 atom stereocenters. The van der Waals surface area contributed by atoms with Gasteiger partial charge in [0.15, 0.2) is 11.6 Å². The Morgan fingerprint density at radius 2 is 2.07 bits per heavy atom. The van der Waals surface area contributed by atoms with Gasteiger partial charge in [0.25, 0.3) is 0 Å². The predicted octanol–water partition coefficient (Wildman–Crippen LogP) is 2.67. The predicted molar refractivity (Wildman–Crippen MR) is 53.4 cm³/mol. The first-order valence-corrected chi connectivity index (χ1v) is 4.73. The lowest BCUT2D eigenvalue weighted by atomic mass is 10.1. The fourth-order valence-electron chi connectivity index (χ4n) is 1.05. The van der Waals surface area contributed by atoms with Crippen molar-refractivity contribution < 1.29 is 14.2 Å². The highest BCUT2D eigenvalue weighted by Gasteiger charge is 2.21. The lowest BCUT2D eigenvalue weighted by Gasteiger charge is -2.13. The molecule has 0 aliphatic heterocycles. The lowest BCUT2D eigenvalue weighted by Crippen LogP contribution is -2.08. The van der Waals surface area contributed by atoms with Crippen LogP contribution in [0.1, 0.15) is 11.7 Å². The van der Waals surface area contributed by atoms with Crippen LogP contribution in [0.5, 0.6) is 5.75 Å². The summed E-state index contributed by atoms with van der Waals surface area (Å²) in [4.78, 5) is -1.07. The topological polar surface area (TPSA) is 29.5 Å². The summed E-state index contributed by atoms with van der Waals surface area (Å²) in [6.07, 6.45) is -1.26. The second-order valence-electron chi connectivity index (χ2n) is 2.64. The number of hydrogen-bond donors (Lipinski definition) is 1. The normalized spacial score (nSPS) is 13.0. The van der Waals surface area contributed by atoms with Crippen molar-refractivity contribution in [2.75, 3.05) is 7.11 Å². The van der Waals surface area contributed by atoms with E-state index >= 15 is 0 Å². The number of halogens is 3. The quantitative estimate of drug-likeness (QED) is 0.821. The van der Waals surface area contributed by atoms with Gasteiger partial charge >= 0.3 is 0 Å². The minimum absolute atomic E-state index is 0.0272. The van der Waals surface area contributed by atoms with Crippen molar-refractivity contribution in [2.24, 2.45) is 0 Å². The summed E-state index contributed by atoms with van der Waals surface area (Å²) in [5, 5.41) is 9.44. The maximum Gasteiger partial charge on any atom is 0.170 e. The number of ether oxygens (including phenoxy) is 1. The molecule has 0 aromatic heterocycles. The number of aliphatic hydroxyl groups is 1. The maximum absolute atomic E-state index is 13.5. The van der Waals surface area contributed by atoms with Crippen LogP contribution in [0.2, 0.25) is 0 Å². The van der Waals surface area contributed by atoms with Crippen LogP contribution >= 0.6 is 23.2 Å². The molecule has 0 spiro atoms. The largest absolute Gasteiger partial charge is 0.494 e. The van der Waals surface area contributed by atoms with Gasteiger partial charge in [-0.2, -0.15) is 0 Å². The van der Waals surface area contributed by atoms with E-state index in [1.807, 2.05) is 0 Å². The summed E-state index contributed by atoms with van der Waals surface area (Å²) in [5.74, 6) is -0.593. The number of benzene rings is 1. The van der Waals surface area contributed by atoms with Crippen LogP contribution in [0, 0.1) is 5.82 Å². The van der Waals surface area contributed by atoms with Crippen LogP contribution in [-0.4, -0.2) is 17.1 Å². The van der Waals surface area contributed by atoms with Gasteiger partial charge in [-0.3, -0.25) is 0 Å². The molecule has 14 heavy (non-hydrogen) atoms. The van der Waals surface area contributed by atoms with Crippen molar-refractivity contribution in [1.82, 2.24) is 0 Å². The third-order valence-corrected chi connectivity index (χ3v) is 2.25. The van der Waals surface area contributed by atoms with Crippen LogP contribution in [0.15, 0.2) is 18.2 Å². The molecule has 0 amide bonds. The zero-order valence-electron chi connectivity index (χ0n) is 7.38. The van der Waals surface area contributed by atoms with Crippen molar-refractivity contribution in [3.8, 4) is 5.75 Å². The summed E-state index contributed by atoms with van der Waals surface area (Å²) < 4.78 is 18.2. The molecule has 0 heterocycles. The lowest BCUT2D eigenvalue weighted by molar-refractivity contribution is 0.186. The van der Waals surface area contributed by atoms with Gasteiger partial charge in [0, 0.05) is 5.56 Å². The Bertz CT molecular complexity index is 318. The molecule has 0 radical (unpaired) electrons. The van der Waals surface area contributed by atoms with Crippen LogP contribution < -0.4 is 4.74 Å². The zero-order valence-corrected chi connectivity index (χ0v) is 8.89. The van der Waals surface area contributed by atoms with Gasteiger partial charge in [-0.1, -0.05) is 12.1 Å². The Labute approximate surface area is 91.2 Å². The SMILES string of the molecule is COc1cccc(C(O)C(Cl)Cl)c1F. The van der Waals surface area contributed by atoms with Gasteiger partial charge in [0.1, 0.15) is 10.9 Å². The molecule has 0 aliphatic carbocycles. The van der Waals surface area contributed by atoms with Gasteiger partial charge in [0.2, 0.25) is 0 Å². The summed E-state index contributed by atoms with van der Waals surface area (Å²) >= 11 is 10.9. The van der Waals surface area contributed by atoms with Gasteiger partial charge in [0.05, 0.1) is 7.11 Å². The number of alkyl halides is 2. The van der Waals surface area contributed by atoms with E-state index in [0.29, 0.717) is 0 Å². The number of rotatable bonds is 3. The van der Waals surface area contributed by atoms with Crippen LogP contribution in [0.3, 0.4) is 0 Å². The maximum atomic E-state index is 13.5. The van der Waals surface area contributed by atoms with Crippen molar-refractivity contribution in [3.63, 3.8) is 0 Å². The van der Waals surface area contributed by atoms with E-state index in [4.69, 9.17) is 27.9 Å². The average molecular weight is 239 g/mol. The standard InChI is InChI=1S/C9H9Cl2FO2/c1-14-6-4-2-3-5(7(6)12)8(13)9(10)11/h2-4,8-9,13H,1H3. The molecule has 1 aromatic rings. The van der Waals surface area contributed by atoms with Crippen LogP contribution in [-0.2, 0) is 0 Å². The molecule has 1 N–H and O–H groups in total. The summed E-state index contributed by atoms with van der Waals surface area (Å²) in [5.41, 5.74) is 0.0272. The Kier molecular flexibility index (Phi) is 3.98. The van der Waals surface area contributed by atoms with E-state index in [9.17, 15) is 9.50 Å². The molecule has 0 aliphatic rings. The van der Waals surface area contributed by atoms with Crippen molar-refractivity contribution in [1.29, 1.82) is 0 Å². The minimum atomic E-state index is -1.26. The molecule has 0 bridgehead atoms. The van der Waals surface area contributed by atoms with Crippen molar-refractivity contribution in [3.05, 3.63) is 29.6 Å². The first kappa shape index (κ1) is 11.6. The highest BCUT2D eigenvalue weighted by molar-refractivity contribution is 6.44. The third kappa shape index (κ3) is 2.29. The Hall–Kier alpha value is -0.510. The number of hydrogen-bond acceptors (Lipinski definition) is 2. The van der Waals surface area contributed by atoms with Crippen molar-refractivity contribution >= 4 is 23.2 Å². The van der Waals surface area contributed by atoms with E-state index in [2.05, 4.69) is 0 Å². The van der Waals surface area contributed by atoms with E-state index in [1.54, 1.807) is 6.07 Å². The van der Waals surface area contributed by atoms with Gasteiger partial charge in [-0.05, 0) is 6.07 Å². The zero-order chi connectivity index (χ0) is 10.7. The molecule has 1 unspecified atom stereocenters. The second kappa shape index (κ2) is 4.82. The van der Waals surface area contributed by atoms with E-state index in [0.717, 1.165) is 0 Å². The first-order valence-electron chi connectivity index (χ1n) is 3.86. The van der Waals surface area contributed by atoms with Crippen molar-refractivity contribution in [2.45, 2.75) is 10.9 Å². The van der Waals surface area contributed by atoms with E-state index in [-0.39, 0.29) is 11.3 Å². The molecule has 1 aromatic carbocycles. The average Bonchev–Trinajstić information content (AvgIpc) is 2.17. The minimum Gasteiger partial charge on any atom is -0.494 e. The molecule has 78 valence electrons. The highest BCUT2D eigenvalue weighted by atomic mass is 35.5. The molecular weight excluding hydrogens is 230 g/mol. The second-order valence-corrected chi connectivity index (χ2v) is 3.81. The smallest absolute Gasteiger partial charge is 0.170 e. The fourth-order valence-corrected chi connectivity index (χ4v) is 1.32. The molecular formula is C9H9Cl2FO2. The summed E-state index contributed by atoms with van der Waals surface area (Å²) in [7, 11) is 1.34. The van der Waals surface area contributed by atoms with Gasteiger partial charge in [-0.25, -0.2) is 4.39 Å². The van der Waals surface area contributed by atoms with E-state index < -0.39 is 16.8 Å². The summed E-state index contributed by atoms with van der Waals surface area (Å²) in [6.45, 7) is 0. The fraction of sp³-hybridized carbons (Fsp3) is 0.333. The Morgan fingerprint density at radius 3 is 2.57 bits per heavy atom. The molecule has 1 rings (SSSR count). The van der Waals surface area contributed by atoms with Crippen LogP contribution in [0.4, 0.5) is 4.39 Å². The van der Waals surface area contributed by atoms with Gasteiger partial charge in [-0.15, -0.1) is 23.2 Å². The molecule has 0 saturated carbocycles. The molecule has 0 saturated heterocycles.